The molecule has 2 heteroatoms. The molecule has 0 unspecified atom stereocenters. The van der Waals surface area contributed by atoms with E-state index in [0.29, 0.717) is 0 Å². The molecule has 0 fully saturated rings. The maximum Gasteiger partial charge on any atom is 0.139 e. The lowest BCUT2D eigenvalue weighted by molar-refractivity contribution is 0.261. The van der Waals surface area contributed by atoms with E-state index in [2.05, 4.69) is 64.7 Å². The van der Waals surface area contributed by atoms with Gasteiger partial charge in [-0.1, -0.05) is 75.3 Å². The average Bonchev–Trinajstić information content (AvgIpc) is 2.50. The molecule has 0 saturated carbocycles. The largest absolute Gasteiger partial charge is 0.303 e. The zero-order valence-electron chi connectivity index (χ0n) is 15.1. The van der Waals surface area contributed by atoms with Crippen molar-refractivity contribution < 1.29 is 0 Å². The molecule has 0 aliphatic rings. The van der Waals surface area contributed by atoms with Crippen LogP contribution in [0.25, 0.3) is 0 Å². The fourth-order valence-corrected chi connectivity index (χ4v) is 2.14. The Bertz CT molecular complexity index is 298. The van der Waals surface area contributed by atoms with Crippen molar-refractivity contribution in [3.8, 4) is 0 Å². The van der Waals surface area contributed by atoms with Crippen LogP contribution in [-0.2, 0) is 0 Å². The Kier molecular flexibility index (Phi) is 13.7. The molecule has 0 N–H and O–H groups in total. The summed E-state index contributed by atoms with van der Waals surface area (Å²) in [6, 6.07) is 8.36. The van der Waals surface area contributed by atoms with Crippen LogP contribution in [0.3, 0.4) is 0 Å². The van der Waals surface area contributed by atoms with Gasteiger partial charge in [-0.15, -0.1) is 0 Å². The number of nitrogens with zero attached hydrogens (tertiary/aromatic N) is 1. The average molecular weight is 289 g/mol. The molecule has 0 amide bonds. The van der Waals surface area contributed by atoms with E-state index in [0.717, 1.165) is 0 Å². The van der Waals surface area contributed by atoms with Crippen molar-refractivity contribution in [3.05, 3.63) is 29.8 Å². The van der Waals surface area contributed by atoms with E-state index in [4.69, 9.17) is 0 Å². The van der Waals surface area contributed by atoms with Crippen LogP contribution in [0.5, 0.6) is 0 Å². The van der Waals surface area contributed by atoms with Gasteiger partial charge in [-0.2, -0.15) is 0 Å². The second kappa shape index (κ2) is 14.2. The Morgan fingerprint density at radius 3 is 1.52 bits per heavy atom. The molecule has 0 aliphatic heterocycles. The summed E-state index contributed by atoms with van der Waals surface area (Å²) in [5.74, 6) is 0. The van der Waals surface area contributed by atoms with Gasteiger partial charge in [0.05, 0.1) is 0 Å². The maximum atomic E-state index is 2.64. The zero-order chi connectivity index (χ0) is 15.9. The van der Waals surface area contributed by atoms with Crippen molar-refractivity contribution in [1.82, 2.24) is 4.90 Å². The highest BCUT2D eigenvalue weighted by Crippen LogP contribution is 2.01. The van der Waals surface area contributed by atoms with E-state index in [1.54, 1.807) is 0 Å². The molecule has 0 heterocycles. The number of rotatable bonds is 9. The van der Waals surface area contributed by atoms with Gasteiger partial charge in [-0.05, 0) is 45.8 Å². The molecule has 120 valence electrons. The second-order valence-electron chi connectivity index (χ2n) is 5.99. The van der Waals surface area contributed by atoms with E-state index in [1.807, 2.05) is 0 Å². The summed E-state index contributed by atoms with van der Waals surface area (Å²) in [6.07, 6.45) is 8.09. The normalized spacial score (nSPS) is 10.3. The molecule has 1 aromatic carbocycles. The minimum atomic E-state index is 1.32. The third kappa shape index (κ3) is 11.6. The number of hydrogen-bond acceptors (Lipinski definition) is 1. The number of hydrogen-bond donors (Lipinski definition) is 0. The van der Waals surface area contributed by atoms with Crippen LogP contribution in [0.1, 0.15) is 64.9 Å². The lowest BCUT2D eigenvalue weighted by Gasteiger charge is -2.21. The quantitative estimate of drug-likeness (QED) is 0.622. The Morgan fingerprint density at radius 1 is 0.810 bits per heavy atom. The molecule has 0 spiro atoms. The summed E-state index contributed by atoms with van der Waals surface area (Å²) in [4.78, 5) is 2.64. The molecule has 1 rings (SSSR count). The SMILES string of the molecule is Bc1ccccc1C.CCCCN(CCCC)CCCC. The lowest BCUT2D eigenvalue weighted by Crippen LogP contribution is -2.27. The summed E-state index contributed by atoms with van der Waals surface area (Å²) >= 11 is 0. The summed E-state index contributed by atoms with van der Waals surface area (Å²) in [5, 5.41) is 0. The Morgan fingerprint density at radius 2 is 1.24 bits per heavy atom. The van der Waals surface area contributed by atoms with E-state index in [1.165, 1.54) is 69.2 Å². The second-order valence-corrected chi connectivity index (χ2v) is 5.99. The highest BCUT2D eigenvalue weighted by molar-refractivity contribution is 6.33. The topological polar surface area (TPSA) is 3.24 Å². The van der Waals surface area contributed by atoms with E-state index < -0.39 is 0 Å². The van der Waals surface area contributed by atoms with Crippen LogP contribution in [0.4, 0.5) is 0 Å². The van der Waals surface area contributed by atoms with Crippen molar-refractivity contribution in [2.45, 2.75) is 66.2 Å². The van der Waals surface area contributed by atoms with Gasteiger partial charge in [0.2, 0.25) is 0 Å². The van der Waals surface area contributed by atoms with Crippen LogP contribution in [-0.4, -0.2) is 32.4 Å². The zero-order valence-corrected chi connectivity index (χ0v) is 15.1. The van der Waals surface area contributed by atoms with Gasteiger partial charge in [0, 0.05) is 0 Å². The fourth-order valence-electron chi connectivity index (χ4n) is 2.14. The molecule has 0 bridgehead atoms. The number of benzene rings is 1. The number of unbranched alkanes of at least 4 members (excludes halogenated alkanes) is 3. The van der Waals surface area contributed by atoms with Gasteiger partial charge < -0.3 is 4.90 Å². The summed E-state index contributed by atoms with van der Waals surface area (Å²) < 4.78 is 0. The predicted octanol–water partition coefficient (Wildman–Crippen LogP) is 3.94. The summed E-state index contributed by atoms with van der Waals surface area (Å²) in [7, 11) is 2.12. The van der Waals surface area contributed by atoms with E-state index in [9.17, 15) is 0 Å². The molecule has 0 saturated heterocycles. The van der Waals surface area contributed by atoms with Gasteiger partial charge in [-0.25, -0.2) is 0 Å². The van der Waals surface area contributed by atoms with Crippen molar-refractivity contribution in [1.29, 1.82) is 0 Å². The Balaban J connectivity index is 0.000000423. The molecule has 0 aliphatic carbocycles. The van der Waals surface area contributed by atoms with Gasteiger partial charge in [0.15, 0.2) is 0 Å². The molecule has 0 atom stereocenters. The maximum absolute atomic E-state index is 2.64. The van der Waals surface area contributed by atoms with Crippen LogP contribution in [0.2, 0.25) is 0 Å². The monoisotopic (exact) mass is 289 g/mol. The first kappa shape index (κ1) is 20.2. The van der Waals surface area contributed by atoms with Gasteiger partial charge in [-0.3, -0.25) is 0 Å². The first-order valence-electron chi connectivity index (χ1n) is 8.90. The van der Waals surface area contributed by atoms with Crippen LogP contribution in [0.15, 0.2) is 24.3 Å². The van der Waals surface area contributed by atoms with Crippen molar-refractivity contribution in [3.63, 3.8) is 0 Å². The first-order chi connectivity index (χ1) is 10.2. The smallest absolute Gasteiger partial charge is 0.139 e. The number of aryl methyl sites for hydroxylation is 1. The molecular weight excluding hydrogens is 253 g/mol. The highest BCUT2D eigenvalue weighted by atomic mass is 15.1. The van der Waals surface area contributed by atoms with Crippen molar-refractivity contribution in [2.75, 3.05) is 19.6 Å². The minimum absolute atomic E-state index is 1.32. The Labute approximate surface area is 134 Å². The Hall–Kier alpha value is -0.755. The van der Waals surface area contributed by atoms with Crippen LogP contribution < -0.4 is 5.46 Å². The molecule has 0 aromatic heterocycles. The summed E-state index contributed by atoms with van der Waals surface area (Å²) in [5.41, 5.74) is 2.74. The third-order valence-corrected chi connectivity index (χ3v) is 3.91. The molecular formula is C19H36BN. The third-order valence-electron chi connectivity index (χ3n) is 3.91. The van der Waals surface area contributed by atoms with Crippen molar-refractivity contribution in [2.24, 2.45) is 0 Å². The van der Waals surface area contributed by atoms with Crippen LogP contribution in [0, 0.1) is 6.92 Å². The van der Waals surface area contributed by atoms with E-state index >= 15 is 0 Å². The highest BCUT2D eigenvalue weighted by Gasteiger charge is 2.01. The van der Waals surface area contributed by atoms with E-state index in [-0.39, 0.29) is 0 Å². The minimum Gasteiger partial charge on any atom is -0.303 e. The lowest BCUT2D eigenvalue weighted by atomic mass is 9.92. The fraction of sp³-hybridized carbons (Fsp3) is 0.684. The van der Waals surface area contributed by atoms with Crippen molar-refractivity contribution >= 4 is 13.3 Å². The molecule has 1 nitrogen and oxygen atoms in total. The molecule has 1 aromatic rings. The predicted molar refractivity (Wildman–Crippen MR) is 101 cm³/mol. The first-order valence-corrected chi connectivity index (χ1v) is 8.90. The summed E-state index contributed by atoms with van der Waals surface area (Å²) in [6.45, 7) is 12.9. The standard InChI is InChI=1S/C12H27N.C7H9B/c1-4-7-10-13(11-8-5-2)12-9-6-3;1-6-4-2-3-5-7(6)8/h4-12H2,1-3H3;2-5H,8H2,1H3. The van der Waals surface area contributed by atoms with Gasteiger partial charge >= 0.3 is 0 Å². The van der Waals surface area contributed by atoms with Gasteiger partial charge in [0.1, 0.15) is 7.85 Å². The molecule has 0 radical (unpaired) electrons. The van der Waals surface area contributed by atoms with Gasteiger partial charge in [0.25, 0.3) is 0 Å². The van der Waals surface area contributed by atoms with Crippen LogP contribution >= 0.6 is 0 Å². The molecule has 21 heavy (non-hydrogen) atoms.